The Bertz CT molecular complexity index is 613. The summed E-state index contributed by atoms with van der Waals surface area (Å²) < 4.78 is 19.0. The summed E-state index contributed by atoms with van der Waals surface area (Å²) in [7, 11) is 1.57. The lowest BCUT2D eigenvalue weighted by atomic mass is 9.99. The first-order valence-corrected chi connectivity index (χ1v) is 6.65. The third-order valence-electron chi connectivity index (χ3n) is 3.17. The maximum Gasteiger partial charge on any atom is 0.129 e. The minimum Gasteiger partial charge on any atom is -0.496 e. The first-order chi connectivity index (χ1) is 9.51. The van der Waals surface area contributed by atoms with Gasteiger partial charge in [0.2, 0.25) is 0 Å². The van der Waals surface area contributed by atoms with E-state index in [0.717, 1.165) is 11.1 Å². The van der Waals surface area contributed by atoms with E-state index in [-0.39, 0.29) is 12.0 Å². The van der Waals surface area contributed by atoms with Crippen molar-refractivity contribution in [2.75, 3.05) is 7.11 Å². The van der Waals surface area contributed by atoms with E-state index in [1.165, 1.54) is 18.2 Å². The van der Waals surface area contributed by atoms with E-state index in [9.17, 15) is 9.50 Å². The number of methoxy groups -OCH3 is 1. The van der Waals surface area contributed by atoms with Crippen molar-refractivity contribution in [3.8, 4) is 5.75 Å². The minimum absolute atomic E-state index is 0.195. The van der Waals surface area contributed by atoms with Crippen LogP contribution in [0.3, 0.4) is 0 Å². The van der Waals surface area contributed by atoms with Crippen LogP contribution >= 0.6 is 11.6 Å². The van der Waals surface area contributed by atoms with Gasteiger partial charge >= 0.3 is 0 Å². The molecule has 2 rings (SSSR count). The molecule has 1 N–H and O–H groups in total. The Morgan fingerprint density at radius 1 is 1.25 bits per heavy atom. The number of rotatable bonds is 4. The summed E-state index contributed by atoms with van der Waals surface area (Å²) in [6, 6.07) is 9.85. The molecular weight excluding hydrogens is 279 g/mol. The zero-order chi connectivity index (χ0) is 14.7. The molecule has 0 bridgehead atoms. The van der Waals surface area contributed by atoms with Gasteiger partial charge in [-0.3, -0.25) is 0 Å². The molecular formula is C16H16ClFO2. The molecule has 0 saturated heterocycles. The number of ether oxygens (including phenoxy) is 1. The first-order valence-electron chi connectivity index (χ1n) is 6.28. The van der Waals surface area contributed by atoms with Gasteiger partial charge in [0.15, 0.2) is 0 Å². The molecule has 0 fully saturated rings. The molecule has 20 heavy (non-hydrogen) atoms. The molecule has 0 amide bonds. The van der Waals surface area contributed by atoms with Gasteiger partial charge in [0.05, 0.1) is 13.2 Å². The van der Waals surface area contributed by atoms with Gasteiger partial charge in [-0.15, -0.1) is 0 Å². The maximum absolute atomic E-state index is 13.7. The number of aliphatic hydroxyl groups is 1. The fourth-order valence-corrected chi connectivity index (χ4v) is 2.34. The highest BCUT2D eigenvalue weighted by atomic mass is 35.5. The molecule has 4 heteroatoms. The molecule has 2 nitrogen and oxygen atoms in total. The van der Waals surface area contributed by atoms with Crippen molar-refractivity contribution in [1.82, 2.24) is 0 Å². The van der Waals surface area contributed by atoms with Gasteiger partial charge in [0.1, 0.15) is 11.6 Å². The molecule has 1 unspecified atom stereocenters. The van der Waals surface area contributed by atoms with Gasteiger partial charge in [0.25, 0.3) is 0 Å². The first kappa shape index (κ1) is 14.8. The van der Waals surface area contributed by atoms with Crippen LogP contribution in [-0.4, -0.2) is 12.2 Å². The molecule has 0 heterocycles. The fraction of sp³-hybridized carbons (Fsp3) is 0.250. The van der Waals surface area contributed by atoms with Gasteiger partial charge in [0, 0.05) is 17.0 Å². The summed E-state index contributed by atoms with van der Waals surface area (Å²) in [4.78, 5) is 0. The molecule has 1 atom stereocenters. The van der Waals surface area contributed by atoms with Gasteiger partial charge in [-0.25, -0.2) is 4.39 Å². The number of benzene rings is 2. The summed E-state index contributed by atoms with van der Waals surface area (Å²) in [6.45, 7) is 1.95. The highest BCUT2D eigenvalue weighted by Gasteiger charge is 2.16. The predicted octanol–water partition coefficient (Wildman–Crippen LogP) is 4.07. The highest BCUT2D eigenvalue weighted by Crippen LogP contribution is 2.28. The van der Waals surface area contributed by atoms with Crippen LogP contribution in [0, 0.1) is 12.7 Å². The predicted molar refractivity (Wildman–Crippen MR) is 77.8 cm³/mol. The van der Waals surface area contributed by atoms with Gasteiger partial charge in [-0.1, -0.05) is 29.3 Å². The van der Waals surface area contributed by atoms with Crippen LogP contribution in [0.4, 0.5) is 4.39 Å². The van der Waals surface area contributed by atoms with E-state index in [0.29, 0.717) is 10.8 Å². The monoisotopic (exact) mass is 294 g/mol. The number of aliphatic hydroxyl groups excluding tert-OH is 1. The zero-order valence-electron chi connectivity index (χ0n) is 11.4. The van der Waals surface area contributed by atoms with Crippen molar-refractivity contribution in [3.05, 3.63) is 63.9 Å². The van der Waals surface area contributed by atoms with Crippen LogP contribution in [0.25, 0.3) is 0 Å². The Kier molecular flexibility index (Phi) is 4.63. The third-order valence-corrected chi connectivity index (χ3v) is 3.40. The second-order valence-corrected chi connectivity index (χ2v) is 5.14. The highest BCUT2D eigenvalue weighted by molar-refractivity contribution is 6.30. The van der Waals surface area contributed by atoms with Crippen LogP contribution in [0.5, 0.6) is 5.75 Å². The van der Waals surface area contributed by atoms with E-state index >= 15 is 0 Å². The van der Waals surface area contributed by atoms with Crippen LogP contribution in [0.1, 0.15) is 22.8 Å². The van der Waals surface area contributed by atoms with Crippen molar-refractivity contribution in [2.45, 2.75) is 19.4 Å². The molecule has 0 aromatic heterocycles. The van der Waals surface area contributed by atoms with Gasteiger partial charge in [-0.05, 0) is 36.8 Å². The van der Waals surface area contributed by atoms with Crippen LogP contribution in [-0.2, 0) is 6.42 Å². The second kappa shape index (κ2) is 6.25. The minimum atomic E-state index is -0.968. The molecule has 2 aromatic rings. The Hall–Kier alpha value is -1.58. The average molecular weight is 295 g/mol. The lowest BCUT2D eigenvalue weighted by Crippen LogP contribution is -2.06. The van der Waals surface area contributed by atoms with Crippen molar-refractivity contribution in [1.29, 1.82) is 0 Å². The van der Waals surface area contributed by atoms with Crippen LogP contribution in [0.2, 0.25) is 5.02 Å². The summed E-state index contributed by atoms with van der Waals surface area (Å²) in [5, 5.41) is 10.6. The van der Waals surface area contributed by atoms with Crippen molar-refractivity contribution in [2.24, 2.45) is 0 Å². The number of halogens is 2. The number of hydrogen-bond donors (Lipinski definition) is 1. The second-order valence-electron chi connectivity index (χ2n) is 4.70. The molecule has 2 aromatic carbocycles. The maximum atomic E-state index is 13.7. The van der Waals surface area contributed by atoms with Crippen LogP contribution in [0.15, 0.2) is 36.4 Å². The molecule has 106 valence electrons. The Balaban J connectivity index is 2.29. The quantitative estimate of drug-likeness (QED) is 0.921. The van der Waals surface area contributed by atoms with E-state index in [1.54, 1.807) is 7.11 Å². The zero-order valence-corrected chi connectivity index (χ0v) is 12.1. The van der Waals surface area contributed by atoms with Gasteiger partial charge < -0.3 is 9.84 Å². The summed E-state index contributed by atoms with van der Waals surface area (Å²) in [5.41, 5.74) is 2.08. The Labute approximate surface area is 122 Å². The summed E-state index contributed by atoms with van der Waals surface area (Å²) >= 11 is 5.85. The molecule has 0 aliphatic heterocycles. The standard InChI is InChI=1S/C16H16ClFO2/c1-10-3-6-16(20-2)11(7-10)8-15(19)13-9-12(17)4-5-14(13)18/h3-7,9,15,19H,8H2,1-2H3. The third kappa shape index (κ3) is 3.30. The molecule has 0 saturated carbocycles. The van der Waals surface area contributed by atoms with Crippen molar-refractivity contribution >= 4 is 11.6 Å². The normalized spacial score (nSPS) is 12.2. The summed E-state index contributed by atoms with van der Waals surface area (Å²) in [6.07, 6.45) is -0.702. The number of aryl methyl sites for hydroxylation is 1. The largest absolute Gasteiger partial charge is 0.496 e. The molecule has 0 aliphatic rings. The Morgan fingerprint density at radius 3 is 2.70 bits per heavy atom. The Morgan fingerprint density at radius 2 is 2.00 bits per heavy atom. The fourth-order valence-electron chi connectivity index (χ4n) is 2.16. The van der Waals surface area contributed by atoms with E-state index in [2.05, 4.69) is 0 Å². The van der Waals surface area contributed by atoms with E-state index in [1.807, 2.05) is 25.1 Å². The summed E-state index contributed by atoms with van der Waals surface area (Å²) in [5.74, 6) is 0.214. The topological polar surface area (TPSA) is 29.5 Å². The lowest BCUT2D eigenvalue weighted by molar-refractivity contribution is 0.172. The lowest BCUT2D eigenvalue weighted by Gasteiger charge is -2.15. The smallest absolute Gasteiger partial charge is 0.129 e. The average Bonchev–Trinajstić information content (AvgIpc) is 2.41. The number of hydrogen-bond acceptors (Lipinski definition) is 2. The molecule has 0 radical (unpaired) electrons. The van der Waals surface area contributed by atoms with E-state index in [4.69, 9.17) is 16.3 Å². The SMILES string of the molecule is COc1ccc(C)cc1CC(O)c1cc(Cl)ccc1F. The molecule has 0 spiro atoms. The van der Waals surface area contributed by atoms with E-state index < -0.39 is 11.9 Å². The van der Waals surface area contributed by atoms with Crippen molar-refractivity contribution < 1.29 is 14.2 Å². The van der Waals surface area contributed by atoms with Crippen LogP contribution < -0.4 is 4.74 Å². The van der Waals surface area contributed by atoms with Gasteiger partial charge in [-0.2, -0.15) is 0 Å². The molecule has 0 aliphatic carbocycles. The van der Waals surface area contributed by atoms with Crippen molar-refractivity contribution in [3.63, 3.8) is 0 Å².